The lowest BCUT2D eigenvalue weighted by Crippen LogP contribution is -2.53. The van der Waals surface area contributed by atoms with Gasteiger partial charge in [0.05, 0.1) is 5.75 Å². The molecule has 1 atom stereocenters. The highest BCUT2D eigenvalue weighted by molar-refractivity contribution is 7.99. The van der Waals surface area contributed by atoms with Crippen LogP contribution in [0.5, 0.6) is 0 Å². The minimum absolute atomic E-state index is 0.0376. The Hall–Kier alpha value is -1.98. The molecule has 2 aromatic carbocycles. The van der Waals surface area contributed by atoms with Gasteiger partial charge in [0.25, 0.3) is 0 Å². The number of halogens is 1. The summed E-state index contributed by atoms with van der Waals surface area (Å²) in [5, 5.41) is 3.68. The molecule has 0 aliphatic rings. The van der Waals surface area contributed by atoms with Crippen LogP contribution < -0.4 is 5.32 Å². The summed E-state index contributed by atoms with van der Waals surface area (Å²) in [5.74, 6) is 0.921. The summed E-state index contributed by atoms with van der Waals surface area (Å²) >= 11 is 7.59. The molecule has 0 fully saturated rings. The molecule has 0 saturated carbocycles. The lowest BCUT2D eigenvalue weighted by molar-refractivity contribution is -0.140. The average molecular weight is 461 g/mol. The van der Waals surface area contributed by atoms with Crippen molar-refractivity contribution in [2.75, 3.05) is 5.75 Å². The van der Waals surface area contributed by atoms with Crippen molar-refractivity contribution in [3.8, 4) is 0 Å². The second kappa shape index (κ2) is 11.6. The smallest absolute Gasteiger partial charge is 0.243 e. The van der Waals surface area contributed by atoms with Crippen LogP contribution in [0.3, 0.4) is 0 Å². The Morgan fingerprint density at radius 3 is 2.32 bits per heavy atom. The first-order valence-corrected chi connectivity index (χ1v) is 12.1. The van der Waals surface area contributed by atoms with E-state index >= 15 is 0 Å². The van der Waals surface area contributed by atoms with Crippen LogP contribution >= 0.6 is 23.4 Å². The number of carbonyl (C=O) groups is 2. The van der Waals surface area contributed by atoms with E-state index in [0.717, 1.165) is 11.3 Å². The van der Waals surface area contributed by atoms with E-state index < -0.39 is 6.04 Å². The Labute approximate surface area is 195 Å². The Bertz CT molecular complexity index is 878. The zero-order valence-corrected chi connectivity index (χ0v) is 20.6. The zero-order chi connectivity index (χ0) is 23.0. The van der Waals surface area contributed by atoms with Crippen molar-refractivity contribution in [1.29, 1.82) is 0 Å². The van der Waals surface area contributed by atoms with E-state index in [1.54, 1.807) is 16.7 Å². The number of amides is 2. The Balaban J connectivity index is 2.16. The van der Waals surface area contributed by atoms with Crippen molar-refractivity contribution in [2.24, 2.45) is 0 Å². The summed E-state index contributed by atoms with van der Waals surface area (Å²) in [6, 6.07) is 15.1. The SMILES string of the molecule is CC[C@@H](C(=O)NC(C)(C)C)N(Cc1ccc(Cl)cc1)C(=O)CSCc1ccccc1C. The van der Waals surface area contributed by atoms with Crippen LogP contribution in [0.25, 0.3) is 0 Å². The average Bonchev–Trinajstić information content (AvgIpc) is 2.69. The molecular formula is C25H33ClN2O2S. The molecule has 0 unspecified atom stereocenters. The predicted octanol–water partition coefficient (Wildman–Crippen LogP) is 5.60. The summed E-state index contributed by atoms with van der Waals surface area (Å²) in [6.07, 6.45) is 0.545. The van der Waals surface area contributed by atoms with Crippen molar-refractivity contribution in [3.05, 3.63) is 70.2 Å². The van der Waals surface area contributed by atoms with Gasteiger partial charge in [0.15, 0.2) is 0 Å². The number of aryl methyl sites for hydroxylation is 1. The fraction of sp³-hybridized carbons (Fsp3) is 0.440. The quantitative estimate of drug-likeness (QED) is 0.529. The van der Waals surface area contributed by atoms with Crippen LogP contribution in [0.4, 0.5) is 0 Å². The van der Waals surface area contributed by atoms with Crippen LogP contribution in [0, 0.1) is 6.92 Å². The molecule has 31 heavy (non-hydrogen) atoms. The number of hydrogen-bond acceptors (Lipinski definition) is 3. The molecule has 1 N–H and O–H groups in total. The number of carbonyl (C=O) groups excluding carboxylic acids is 2. The topological polar surface area (TPSA) is 49.4 Å². The van der Waals surface area contributed by atoms with Gasteiger partial charge in [-0.3, -0.25) is 9.59 Å². The van der Waals surface area contributed by atoms with Gasteiger partial charge in [-0.05, 0) is 62.9 Å². The van der Waals surface area contributed by atoms with Crippen LogP contribution in [0.2, 0.25) is 5.02 Å². The van der Waals surface area contributed by atoms with Crippen molar-refractivity contribution < 1.29 is 9.59 Å². The van der Waals surface area contributed by atoms with Gasteiger partial charge in [-0.1, -0.05) is 54.9 Å². The standard InChI is InChI=1S/C25H33ClN2O2S/c1-6-22(24(30)27-25(3,4)5)28(15-19-11-13-21(26)14-12-19)23(29)17-31-16-20-10-8-7-9-18(20)2/h7-14,22H,6,15-17H2,1-5H3,(H,27,30)/t22-/m0/s1. The van der Waals surface area contributed by atoms with Gasteiger partial charge in [-0.2, -0.15) is 0 Å². The second-order valence-corrected chi connectivity index (χ2v) is 10.2. The molecule has 2 rings (SSSR count). The van der Waals surface area contributed by atoms with Crippen molar-refractivity contribution in [3.63, 3.8) is 0 Å². The maximum Gasteiger partial charge on any atom is 0.243 e. The first-order chi connectivity index (χ1) is 14.6. The summed E-state index contributed by atoms with van der Waals surface area (Å²) in [4.78, 5) is 27.9. The zero-order valence-electron chi connectivity index (χ0n) is 19.1. The molecule has 0 spiro atoms. The highest BCUT2D eigenvalue weighted by atomic mass is 35.5. The van der Waals surface area contributed by atoms with E-state index in [4.69, 9.17) is 11.6 Å². The fourth-order valence-electron chi connectivity index (χ4n) is 3.26. The first kappa shape index (κ1) is 25.3. The normalized spacial score (nSPS) is 12.3. The highest BCUT2D eigenvalue weighted by Crippen LogP contribution is 2.20. The maximum atomic E-state index is 13.3. The largest absolute Gasteiger partial charge is 0.350 e. The van der Waals surface area contributed by atoms with Crippen LogP contribution in [0.15, 0.2) is 48.5 Å². The molecule has 0 bridgehead atoms. The third kappa shape index (κ3) is 8.23. The van der Waals surface area contributed by atoms with E-state index in [-0.39, 0.29) is 17.4 Å². The number of thioether (sulfide) groups is 1. The maximum absolute atomic E-state index is 13.3. The molecule has 0 aliphatic carbocycles. The summed E-state index contributed by atoms with van der Waals surface area (Å²) in [7, 11) is 0. The molecule has 0 heterocycles. The van der Waals surface area contributed by atoms with Gasteiger partial charge in [0.1, 0.15) is 6.04 Å². The Morgan fingerprint density at radius 2 is 1.74 bits per heavy atom. The second-order valence-electron chi connectivity index (χ2n) is 8.73. The lowest BCUT2D eigenvalue weighted by atomic mass is 10.1. The number of benzene rings is 2. The monoisotopic (exact) mass is 460 g/mol. The first-order valence-electron chi connectivity index (χ1n) is 10.6. The molecule has 2 aromatic rings. The summed E-state index contributed by atoms with van der Waals surface area (Å²) in [5.41, 5.74) is 3.03. The van der Waals surface area contributed by atoms with Gasteiger partial charge in [0.2, 0.25) is 11.8 Å². The van der Waals surface area contributed by atoms with Crippen molar-refractivity contribution in [2.45, 2.75) is 64.9 Å². The van der Waals surface area contributed by atoms with Gasteiger partial charge in [-0.25, -0.2) is 0 Å². The van der Waals surface area contributed by atoms with Gasteiger partial charge < -0.3 is 10.2 Å². The van der Waals surface area contributed by atoms with E-state index in [1.807, 2.05) is 64.1 Å². The molecular weight excluding hydrogens is 428 g/mol. The molecule has 0 saturated heterocycles. The van der Waals surface area contributed by atoms with E-state index in [0.29, 0.717) is 23.7 Å². The highest BCUT2D eigenvalue weighted by Gasteiger charge is 2.30. The van der Waals surface area contributed by atoms with Crippen LogP contribution in [0.1, 0.15) is 50.8 Å². The van der Waals surface area contributed by atoms with Gasteiger partial charge in [-0.15, -0.1) is 11.8 Å². The molecule has 0 radical (unpaired) electrons. The van der Waals surface area contributed by atoms with Gasteiger partial charge >= 0.3 is 0 Å². The number of nitrogens with one attached hydrogen (secondary N) is 1. The van der Waals surface area contributed by atoms with E-state index in [1.165, 1.54) is 11.1 Å². The number of hydrogen-bond donors (Lipinski definition) is 1. The van der Waals surface area contributed by atoms with Crippen molar-refractivity contribution >= 4 is 35.2 Å². The van der Waals surface area contributed by atoms with Crippen molar-refractivity contribution in [1.82, 2.24) is 10.2 Å². The fourth-order valence-corrected chi connectivity index (χ4v) is 4.37. The molecule has 6 heteroatoms. The third-order valence-corrected chi connectivity index (χ3v) is 6.11. The predicted molar refractivity (Wildman–Crippen MR) is 131 cm³/mol. The minimum Gasteiger partial charge on any atom is -0.350 e. The van der Waals surface area contributed by atoms with Crippen LogP contribution in [-0.4, -0.2) is 34.0 Å². The van der Waals surface area contributed by atoms with E-state index in [2.05, 4.69) is 24.4 Å². The third-order valence-electron chi connectivity index (χ3n) is 4.89. The van der Waals surface area contributed by atoms with Crippen LogP contribution in [-0.2, 0) is 21.9 Å². The summed E-state index contributed by atoms with van der Waals surface area (Å²) in [6.45, 7) is 10.2. The summed E-state index contributed by atoms with van der Waals surface area (Å²) < 4.78 is 0. The molecule has 2 amide bonds. The molecule has 0 aromatic heterocycles. The number of rotatable bonds is 9. The minimum atomic E-state index is -0.526. The molecule has 0 aliphatic heterocycles. The molecule has 4 nitrogen and oxygen atoms in total. The van der Waals surface area contributed by atoms with Gasteiger partial charge in [0, 0.05) is 22.9 Å². The van der Waals surface area contributed by atoms with E-state index in [9.17, 15) is 9.59 Å². The molecule has 168 valence electrons. The lowest BCUT2D eigenvalue weighted by Gasteiger charge is -2.33. The number of nitrogens with zero attached hydrogens (tertiary/aromatic N) is 1. The Morgan fingerprint density at radius 1 is 1.10 bits per heavy atom. The Kier molecular flexibility index (Phi) is 9.45.